The first-order chi connectivity index (χ1) is 14.2. The van der Waals surface area contributed by atoms with Gasteiger partial charge in [0.15, 0.2) is 5.92 Å². The van der Waals surface area contributed by atoms with Crippen LogP contribution in [0.25, 0.3) is 0 Å². The van der Waals surface area contributed by atoms with Gasteiger partial charge in [0.1, 0.15) is 23.9 Å². The Hall–Kier alpha value is -3.10. The molecule has 0 spiro atoms. The average Bonchev–Trinajstić information content (AvgIpc) is 2.60. The summed E-state index contributed by atoms with van der Waals surface area (Å²) in [6, 6.07) is 7.24. The number of esters is 2. The van der Waals surface area contributed by atoms with Gasteiger partial charge in [-0.05, 0) is 47.1 Å². The van der Waals surface area contributed by atoms with Crippen LogP contribution in [0.3, 0.4) is 0 Å². The first-order valence-corrected chi connectivity index (χ1v) is 9.83. The molecule has 1 atom stereocenters. The first kappa shape index (κ1) is 25.9. The summed E-state index contributed by atoms with van der Waals surface area (Å²) < 4.78 is 15.5. The number of benzene rings is 1. The molecule has 1 amide bonds. The van der Waals surface area contributed by atoms with E-state index in [0.29, 0.717) is 5.56 Å². The number of carbonyl (C=O) groups excluding carboxylic acids is 3. The summed E-state index contributed by atoms with van der Waals surface area (Å²) in [6.07, 6.45) is -1.55. The van der Waals surface area contributed by atoms with Gasteiger partial charge >= 0.3 is 24.0 Å². The maximum absolute atomic E-state index is 12.6. The lowest BCUT2D eigenvalue weighted by Crippen LogP contribution is -2.46. The summed E-state index contributed by atoms with van der Waals surface area (Å²) in [7, 11) is 0. The van der Waals surface area contributed by atoms with E-state index in [0.717, 1.165) is 0 Å². The van der Waals surface area contributed by atoms with E-state index in [1.54, 1.807) is 71.9 Å². The Morgan fingerprint density at radius 2 is 1.39 bits per heavy atom. The molecule has 0 bridgehead atoms. The molecular weight excluding hydrogens is 406 g/mol. The van der Waals surface area contributed by atoms with Crippen molar-refractivity contribution in [2.75, 3.05) is 0 Å². The molecule has 0 unspecified atom stereocenters. The van der Waals surface area contributed by atoms with Crippen molar-refractivity contribution in [2.45, 2.75) is 71.8 Å². The van der Waals surface area contributed by atoms with E-state index in [1.807, 2.05) is 0 Å². The number of nitrogens with one attached hydrogen (secondary N) is 1. The molecule has 9 heteroatoms. The summed E-state index contributed by atoms with van der Waals surface area (Å²) >= 11 is 0. The van der Waals surface area contributed by atoms with E-state index in [2.05, 4.69) is 5.32 Å². The zero-order chi connectivity index (χ0) is 23.8. The molecule has 0 saturated carbocycles. The molecule has 0 aromatic heterocycles. The normalized spacial score (nSPS) is 12.6. The molecule has 0 aliphatic heterocycles. The molecule has 1 rings (SSSR count). The van der Waals surface area contributed by atoms with Gasteiger partial charge in [-0.3, -0.25) is 9.59 Å². The molecule has 0 saturated heterocycles. The van der Waals surface area contributed by atoms with Crippen LogP contribution in [0.5, 0.6) is 0 Å². The van der Waals surface area contributed by atoms with E-state index in [4.69, 9.17) is 14.2 Å². The summed E-state index contributed by atoms with van der Waals surface area (Å²) in [5, 5.41) is 11.7. The molecule has 9 nitrogen and oxygen atoms in total. The van der Waals surface area contributed by atoms with Gasteiger partial charge < -0.3 is 24.6 Å². The van der Waals surface area contributed by atoms with Crippen molar-refractivity contribution < 1.29 is 38.5 Å². The van der Waals surface area contributed by atoms with Gasteiger partial charge in [-0.2, -0.15) is 0 Å². The van der Waals surface area contributed by atoms with Gasteiger partial charge in [0.2, 0.25) is 0 Å². The summed E-state index contributed by atoms with van der Waals surface area (Å²) in [5.74, 6) is -4.86. The van der Waals surface area contributed by atoms with Gasteiger partial charge in [0.25, 0.3) is 0 Å². The van der Waals surface area contributed by atoms with E-state index in [9.17, 15) is 24.3 Å². The quantitative estimate of drug-likeness (QED) is 0.361. The van der Waals surface area contributed by atoms with Gasteiger partial charge in [-0.25, -0.2) is 9.59 Å². The van der Waals surface area contributed by atoms with E-state index in [1.165, 1.54) is 0 Å². The maximum atomic E-state index is 12.6. The smallest absolute Gasteiger partial charge is 0.408 e. The number of aliphatic carboxylic acids is 1. The third kappa shape index (κ3) is 10.5. The van der Waals surface area contributed by atoms with Crippen molar-refractivity contribution in [3.05, 3.63) is 35.9 Å². The highest BCUT2D eigenvalue weighted by Crippen LogP contribution is 2.20. The first-order valence-electron chi connectivity index (χ1n) is 9.83. The van der Waals surface area contributed by atoms with Crippen molar-refractivity contribution in [1.82, 2.24) is 5.32 Å². The number of carbonyl (C=O) groups is 4. The number of hydrogen-bond donors (Lipinski definition) is 2. The van der Waals surface area contributed by atoms with Crippen molar-refractivity contribution in [1.29, 1.82) is 0 Å². The van der Waals surface area contributed by atoms with Crippen LogP contribution in [0.4, 0.5) is 4.79 Å². The number of amides is 1. The van der Waals surface area contributed by atoms with Crippen molar-refractivity contribution in [3.8, 4) is 0 Å². The molecule has 172 valence electrons. The molecular formula is C22H31NO8. The minimum Gasteiger partial charge on any atom is -0.480 e. The fraction of sp³-hybridized carbons (Fsp3) is 0.545. The van der Waals surface area contributed by atoms with Gasteiger partial charge in [0, 0.05) is 6.42 Å². The minimum absolute atomic E-state index is 0.0689. The Labute approximate surface area is 182 Å². The van der Waals surface area contributed by atoms with Crippen LogP contribution in [0, 0.1) is 5.92 Å². The van der Waals surface area contributed by atoms with Crippen molar-refractivity contribution >= 4 is 24.0 Å². The molecule has 0 aliphatic carbocycles. The Morgan fingerprint density at radius 3 is 1.81 bits per heavy atom. The van der Waals surface area contributed by atoms with Crippen LogP contribution in [0.2, 0.25) is 0 Å². The van der Waals surface area contributed by atoms with Crippen LogP contribution in [0.1, 0.15) is 53.5 Å². The number of rotatable bonds is 8. The van der Waals surface area contributed by atoms with Gasteiger partial charge in [0.05, 0.1) is 0 Å². The van der Waals surface area contributed by atoms with E-state index in [-0.39, 0.29) is 6.61 Å². The second kappa shape index (κ2) is 10.8. The van der Waals surface area contributed by atoms with Crippen LogP contribution in [-0.4, -0.2) is 46.4 Å². The van der Waals surface area contributed by atoms with Crippen LogP contribution >= 0.6 is 0 Å². The van der Waals surface area contributed by atoms with E-state index >= 15 is 0 Å². The molecule has 0 radical (unpaired) electrons. The topological polar surface area (TPSA) is 128 Å². The van der Waals surface area contributed by atoms with E-state index < -0.39 is 53.6 Å². The molecule has 1 aromatic carbocycles. The van der Waals surface area contributed by atoms with Crippen LogP contribution < -0.4 is 5.32 Å². The lowest BCUT2D eigenvalue weighted by atomic mass is 9.99. The van der Waals surface area contributed by atoms with Crippen LogP contribution in [-0.2, 0) is 35.2 Å². The summed E-state index contributed by atoms with van der Waals surface area (Å²) in [6.45, 7) is 9.63. The monoisotopic (exact) mass is 437 g/mol. The largest absolute Gasteiger partial charge is 0.480 e. The average molecular weight is 437 g/mol. The number of ether oxygens (including phenoxy) is 3. The highest BCUT2D eigenvalue weighted by Gasteiger charge is 2.39. The Kier molecular flexibility index (Phi) is 9.02. The fourth-order valence-corrected chi connectivity index (χ4v) is 2.40. The number of hydrogen-bond acceptors (Lipinski definition) is 7. The number of alkyl carbamates (subject to hydrolysis) is 1. The molecule has 2 N–H and O–H groups in total. The third-order valence-corrected chi connectivity index (χ3v) is 3.66. The second-order valence-corrected chi connectivity index (χ2v) is 8.95. The van der Waals surface area contributed by atoms with Crippen LogP contribution in [0.15, 0.2) is 30.3 Å². The summed E-state index contributed by atoms with van der Waals surface area (Å²) in [5.41, 5.74) is -1.10. The highest BCUT2D eigenvalue weighted by molar-refractivity contribution is 5.96. The lowest BCUT2D eigenvalue weighted by molar-refractivity contribution is -0.175. The third-order valence-electron chi connectivity index (χ3n) is 3.66. The Balaban J connectivity index is 2.91. The Morgan fingerprint density at radius 1 is 0.903 bits per heavy atom. The SMILES string of the molecule is CC(C)(C)OC(=O)C(C[C@H](NC(=O)OCc1ccccc1)C(=O)O)C(=O)OC(C)(C)C. The van der Waals surface area contributed by atoms with Crippen molar-refractivity contribution in [3.63, 3.8) is 0 Å². The van der Waals surface area contributed by atoms with Crippen molar-refractivity contribution in [2.24, 2.45) is 5.92 Å². The predicted octanol–water partition coefficient (Wildman–Crippen LogP) is 3.06. The number of carboxylic acids is 1. The minimum atomic E-state index is -1.58. The second-order valence-electron chi connectivity index (χ2n) is 8.95. The molecule has 0 aliphatic rings. The Bertz CT molecular complexity index is 749. The fourth-order valence-electron chi connectivity index (χ4n) is 2.40. The highest BCUT2D eigenvalue weighted by atomic mass is 16.6. The summed E-state index contributed by atoms with van der Waals surface area (Å²) in [4.78, 5) is 48.9. The van der Waals surface area contributed by atoms with Gasteiger partial charge in [-0.1, -0.05) is 30.3 Å². The molecule has 0 heterocycles. The molecule has 1 aromatic rings. The number of carboxylic acid groups (broad SMARTS) is 1. The zero-order valence-electron chi connectivity index (χ0n) is 18.8. The zero-order valence-corrected chi connectivity index (χ0v) is 18.8. The maximum Gasteiger partial charge on any atom is 0.408 e. The lowest BCUT2D eigenvalue weighted by Gasteiger charge is -2.27. The predicted molar refractivity (Wildman–Crippen MR) is 111 cm³/mol. The molecule has 31 heavy (non-hydrogen) atoms. The van der Waals surface area contributed by atoms with Gasteiger partial charge in [-0.15, -0.1) is 0 Å². The standard InChI is InChI=1S/C22H31NO8/c1-21(2,3)30-18(26)15(19(27)31-22(4,5)6)12-16(17(24)25)23-20(28)29-13-14-10-8-7-9-11-14/h7-11,15-16H,12-13H2,1-6H3,(H,23,28)(H,24,25)/t16-/m0/s1. The molecule has 0 fully saturated rings.